The summed E-state index contributed by atoms with van der Waals surface area (Å²) in [7, 11) is -3.76. The van der Waals surface area contributed by atoms with Crippen LogP contribution in [0.25, 0.3) is 0 Å². The molecule has 1 aliphatic heterocycles. The van der Waals surface area contributed by atoms with Gasteiger partial charge in [0, 0.05) is 18.8 Å². The van der Waals surface area contributed by atoms with Crippen molar-refractivity contribution in [3.05, 3.63) is 60.2 Å². The topological polar surface area (TPSA) is 92.8 Å². The lowest BCUT2D eigenvalue weighted by Crippen LogP contribution is -2.32. The van der Waals surface area contributed by atoms with E-state index >= 15 is 0 Å². The Hall–Kier alpha value is -2.87. The Bertz CT molecular complexity index is 922. The van der Waals surface area contributed by atoms with Crippen molar-refractivity contribution < 1.29 is 22.7 Å². The van der Waals surface area contributed by atoms with Crippen LogP contribution >= 0.6 is 0 Å². The number of amides is 1. The molecule has 8 heteroatoms. The Labute approximate surface area is 158 Å². The Morgan fingerprint density at radius 3 is 2.41 bits per heavy atom. The number of esters is 1. The minimum absolute atomic E-state index is 0.120. The Morgan fingerprint density at radius 1 is 1.00 bits per heavy atom. The average Bonchev–Trinajstić information content (AvgIpc) is 3.21. The van der Waals surface area contributed by atoms with Crippen LogP contribution in [-0.4, -0.2) is 44.9 Å². The van der Waals surface area contributed by atoms with E-state index in [1.807, 2.05) is 0 Å². The van der Waals surface area contributed by atoms with Gasteiger partial charge in [-0.1, -0.05) is 24.3 Å². The summed E-state index contributed by atoms with van der Waals surface area (Å²) in [6.07, 6.45) is 1.92. The molecule has 0 aromatic heterocycles. The molecular weight excluding hydrogens is 368 g/mol. The molecule has 1 N–H and O–H groups in total. The molecule has 1 amide bonds. The van der Waals surface area contributed by atoms with E-state index in [9.17, 15) is 18.0 Å². The predicted octanol–water partition coefficient (Wildman–Crippen LogP) is 2.27. The molecule has 3 rings (SSSR count). The van der Waals surface area contributed by atoms with Crippen molar-refractivity contribution in [2.45, 2.75) is 17.7 Å². The molecule has 0 aliphatic carbocycles. The summed E-state index contributed by atoms with van der Waals surface area (Å²) >= 11 is 0. The number of carbonyl (C=O) groups excluding carboxylic acids is 2. The number of ether oxygens (including phenoxy) is 1. The molecule has 1 saturated heterocycles. The molecule has 0 unspecified atom stereocenters. The van der Waals surface area contributed by atoms with E-state index < -0.39 is 16.0 Å². The number of nitrogens with one attached hydrogen (secondary N) is 1. The minimum atomic E-state index is -3.76. The molecule has 7 nitrogen and oxygen atoms in total. The molecule has 1 aliphatic rings. The van der Waals surface area contributed by atoms with Crippen LogP contribution in [0.4, 0.5) is 5.69 Å². The summed E-state index contributed by atoms with van der Waals surface area (Å²) in [4.78, 5) is 25.9. The Kier molecular flexibility index (Phi) is 5.75. The molecule has 1 heterocycles. The highest BCUT2D eigenvalue weighted by Gasteiger charge is 2.20. The lowest BCUT2D eigenvalue weighted by molar-refractivity contribution is -0.133. The minimum Gasteiger partial charge on any atom is -0.452 e. The van der Waals surface area contributed by atoms with Crippen molar-refractivity contribution in [2.24, 2.45) is 0 Å². The van der Waals surface area contributed by atoms with E-state index in [1.165, 1.54) is 30.3 Å². The highest BCUT2D eigenvalue weighted by molar-refractivity contribution is 7.92. The molecule has 0 spiro atoms. The molecule has 2 aromatic rings. The van der Waals surface area contributed by atoms with Crippen LogP contribution in [0.1, 0.15) is 23.2 Å². The summed E-state index contributed by atoms with van der Waals surface area (Å²) in [5.74, 6) is -0.898. The third-order valence-corrected chi connectivity index (χ3v) is 5.59. The number of anilines is 1. The van der Waals surface area contributed by atoms with Crippen molar-refractivity contribution in [3.63, 3.8) is 0 Å². The molecule has 142 valence electrons. The second kappa shape index (κ2) is 8.22. The van der Waals surface area contributed by atoms with E-state index in [4.69, 9.17) is 4.74 Å². The van der Waals surface area contributed by atoms with Crippen LogP contribution in [0, 0.1) is 0 Å². The quantitative estimate of drug-likeness (QED) is 0.767. The third kappa shape index (κ3) is 4.85. The van der Waals surface area contributed by atoms with Crippen molar-refractivity contribution in [1.82, 2.24) is 4.90 Å². The highest BCUT2D eigenvalue weighted by Crippen LogP contribution is 2.17. The zero-order chi connectivity index (χ0) is 19.3. The van der Waals surface area contributed by atoms with Crippen LogP contribution < -0.4 is 4.72 Å². The van der Waals surface area contributed by atoms with Gasteiger partial charge < -0.3 is 9.64 Å². The van der Waals surface area contributed by atoms with Gasteiger partial charge >= 0.3 is 5.97 Å². The maximum atomic E-state index is 12.4. The number of sulfonamides is 1. The zero-order valence-corrected chi connectivity index (χ0v) is 15.4. The van der Waals surface area contributed by atoms with Crippen LogP contribution in [0.15, 0.2) is 59.5 Å². The second-order valence-corrected chi connectivity index (χ2v) is 7.85. The fourth-order valence-corrected chi connectivity index (χ4v) is 3.86. The number of likely N-dealkylation sites (tertiary alicyclic amines) is 1. The first-order valence-electron chi connectivity index (χ1n) is 8.58. The maximum absolute atomic E-state index is 12.4. The number of benzene rings is 2. The van der Waals surface area contributed by atoms with Crippen LogP contribution in [0.3, 0.4) is 0 Å². The van der Waals surface area contributed by atoms with Gasteiger partial charge in [0.2, 0.25) is 0 Å². The van der Waals surface area contributed by atoms with Crippen LogP contribution in [-0.2, 0) is 19.6 Å². The van der Waals surface area contributed by atoms with E-state index in [2.05, 4.69) is 4.72 Å². The van der Waals surface area contributed by atoms with Crippen molar-refractivity contribution in [3.8, 4) is 0 Å². The van der Waals surface area contributed by atoms with Crippen molar-refractivity contribution in [2.75, 3.05) is 24.4 Å². The first kappa shape index (κ1) is 18.9. The van der Waals surface area contributed by atoms with Gasteiger partial charge in [-0.2, -0.15) is 0 Å². The fourth-order valence-electron chi connectivity index (χ4n) is 2.79. The molecule has 0 saturated carbocycles. The number of nitrogens with zero attached hydrogens (tertiary/aromatic N) is 1. The largest absolute Gasteiger partial charge is 0.452 e. The smallest absolute Gasteiger partial charge is 0.338 e. The normalized spacial score (nSPS) is 14.0. The van der Waals surface area contributed by atoms with Gasteiger partial charge in [0.25, 0.3) is 15.9 Å². The summed E-state index contributed by atoms with van der Waals surface area (Å²) < 4.78 is 32.2. The average molecular weight is 388 g/mol. The molecule has 27 heavy (non-hydrogen) atoms. The lowest BCUT2D eigenvalue weighted by Gasteiger charge is -2.15. The molecule has 2 aromatic carbocycles. The van der Waals surface area contributed by atoms with Gasteiger partial charge in [0.1, 0.15) is 0 Å². The number of hydrogen-bond donors (Lipinski definition) is 1. The standard InChI is InChI=1S/C19H20N2O5S/c22-18(21-11-4-5-12-21)14-26-19(23)15-7-6-8-16(13-15)20-27(24,25)17-9-2-1-3-10-17/h1-3,6-10,13,20H,4-5,11-12,14H2. The van der Waals surface area contributed by atoms with E-state index in [0.29, 0.717) is 13.1 Å². The van der Waals surface area contributed by atoms with E-state index in [0.717, 1.165) is 12.8 Å². The summed E-state index contributed by atoms with van der Waals surface area (Å²) in [5, 5.41) is 0. The van der Waals surface area contributed by atoms with Gasteiger partial charge in [-0.05, 0) is 43.2 Å². The number of carbonyl (C=O) groups is 2. The highest BCUT2D eigenvalue weighted by atomic mass is 32.2. The van der Waals surface area contributed by atoms with Crippen LogP contribution in [0.5, 0.6) is 0 Å². The molecule has 0 atom stereocenters. The molecule has 0 bridgehead atoms. The SMILES string of the molecule is O=C(OCC(=O)N1CCCC1)c1cccc(NS(=O)(=O)c2ccccc2)c1. The van der Waals surface area contributed by atoms with Crippen molar-refractivity contribution in [1.29, 1.82) is 0 Å². The molecular formula is C19H20N2O5S. The number of rotatable bonds is 6. The Morgan fingerprint density at radius 2 is 1.70 bits per heavy atom. The van der Waals surface area contributed by atoms with Gasteiger partial charge in [-0.25, -0.2) is 13.2 Å². The second-order valence-electron chi connectivity index (χ2n) is 6.16. The Balaban J connectivity index is 1.64. The lowest BCUT2D eigenvalue weighted by atomic mass is 10.2. The first-order valence-corrected chi connectivity index (χ1v) is 10.1. The first-order chi connectivity index (χ1) is 13.0. The molecule has 1 fully saturated rings. The number of hydrogen-bond acceptors (Lipinski definition) is 5. The third-order valence-electron chi connectivity index (χ3n) is 4.19. The van der Waals surface area contributed by atoms with Gasteiger partial charge in [-0.15, -0.1) is 0 Å². The monoisotopic (exact) mass is 388 g/mol. The molecule has 0 radical (unpaired) electrons. The van der Waals surface area contributed by atoms with Crippen molar-refractivity contribution >= 4 is 27.6 Å². The summed E-state index contributed by atoms with van der Waals surface area (Å²) in [6, 6.07) is 13.9. The van der Waals surface area contributed by atoms with Gasteiger partial charge in [-0.3, -0.25) is 9.52 Å². The van der Waals surface area contributed by atoms with E-state index in [-0.39, 0.29) is 28.7 Å². The summed E-state index contributed by atoms with van der Waals surface area (Å²) in [5.41, 5.74) is 0.400. The zero-order valence-electron chi connectivity index (χ0n) is 14.6. The van der Waals surface area contributed by atoms with Gasteiger partial charge in [0.15, 0.2) is 6.61 Å². The van der Waals surface area contributed by atoms with E-state index in [1.54, 1.807) is 29.2 Å². The predicted molar refractivity (Wildman–Crippen MR) is 99.8 cm³/mol. The summed E-state index contributed by atoms with van der Waals surface area (Å²) in [6.45, 7) is 1.05. The fraction of sp³-hybridized carbons (Fsp3) is 0.263. The van der Waals surface area contributed by atoms with Gasteiger partial charge in [0.05, 0.1) is 10.5 Å². The van der Waals surface area contributed by atoms with Crippen LogP contribution in [0.2, 0.25) is 0 Å². The maximum Gasteiger partial charge on any atom is 0.338 e.